The van der Waals surface area contributed by atoms with Crippen LogP contribution in [0.5, 0.6) is 0 Å². The van der Waals surface area contributed by atoms with Gasteiger partial charge in [-0.1, -0.05) is 0 Å². The van der Waals surface area contributed by atoms with Crippen molar-refractivity contribution in [1.82, 2.24) is 4.90 Å². The Kier molecular flexibility index (Phi) is 3.88. The van der Waals surface area contributed by atoms with Gasteiger partial charge >= 0.3 is 5.97 Å². The third-order valence-corrected chi connectivity index (χ3v) is 2.12. The molecule has 0 fully saturated rings. The molecule has 1 amide bonds. The summed E-state index contributed by atoms with van der Waals surface area (Å²) >= 11 is 0. The van der Waals surface area contributed by atoms with Gasteiger partial charge in [-0.05, 0) is 13.0 Å². The van der Waals surface area contributed by atoms with Crippen molar-refractivity contribution in [3.63, 3.8) is 0 Å². The lowest BCUT2D eigenvalue weighted by atomic mass is 10.2. The van der Waals surface area contributed by atoms with Crippen LogP contribution in [0.25, 0.3) is 0 Å². The number of hydrogen-bond donors (Lipinski definition) is 1. The highest BCUT2D eigenvalue weighted by Crippen LogP contribution is 2.11. The summed E-state index contributed by atoms with van der Waals surface area (Å²) in [6.07, 6.45) is 3.40. The van der Waals surface area contributed by atoms with Crippen molar-refractivity contribution in [2.45, 2.75) is 13.5 Å². The second kappa shape index (κ2) is 5.16. The fraction of sp³-hybridized carbons (Fsp3) is 0.273. The smallest absolute Gasteiger partial charge is 0.328 e. The van der Waals surface area contributed by atoms with Crippen molar-refractivity contribution in [2.75, 3.05) is 7.05 Å². The number of furan rings is 1. The molecule has 5 nitrogen and oxygen atoms in total. The number of nitrogens with zero attached hydrogens (tertiary/aromatic N) is 1. The van der Waals surface area contributed by atoms with Crippen LogP contribution in [0.15, 0.2) is 28.9 Å². The van der Waals surface area contributed by atoms with E-state index >= 15 is 0 Å². The zero-order valence-electron chi connectivity index (χ0n) is 9.14. The van der Waals surface area contributed by atoms with Crippen molar-refractivity contribution in [2.24, 2.45) is 0 Å². The highest BCUT2D eigenvalue weighted by Gasteiger charge is 2.09. The lowest BCUT2D eigenvalue weighted by molar-refractivity contribution is -0.132. The molecule has 5 heteroatoms. The van der Waals surface area contributed by atoms with E-state index in [1.807, 2.05) is 0 Å². The average molecular weight is 223 g/mol. The number of carbonyl (C=O) groups is 2. The van der Waals surface area contributed by atoms with E-state index < -0.39 is 5.97 Å². The first kappa shape index (κ1) is 12.0. The van der Waals surface area contributed by atoms with Gasteiger partial charge in [-0.2, -0.15) is 0 Å². The fourth-order valence-electron chi connectivity index (χ4n) is 1.18. The van der Waals surface area contributed by atoms with Gasteiger partial charge in [-0.15, -0.1) is 0 Å². The molecule has 0 unspecified atom stereocenters. The second-order valence-corrected chi connectivity index (χ2v) is 3.37. The van der Waals surface area contributed by atoms with Crippen LogP contribution in [-0.4, -0.2) is 28.9 Å². The highest BCUT2D eigenvalue weighted by atomic mass is 16.4. The zero-order chi connectivity index (χ0) is 12.1. The van der Waals surface area contributed by atoms with Crippen LogP contribution in [0, 0.1) is 6.92 Å². The van der Waals surface area contributed by atoms with E-state index in [1.165, 1.54) is 4.90 Å². The molecular weight excluding hydrogens is 210 g/mol. The molecule has 0 aliphatic rings. The standard InChI is InChI=1S/C11H13NO4/c1-8-9(5-6-16-8)7-12(2)10(13)3-4-11(14)15/h3-6H,7H2,1-2H3,(H,14,15). The maximum absolute atomic E-state index is 11.4. The number of rotatable bonds is 4. The van der Waals surface area contributed by atoms with E-state index in [9.17, 15) is 9.59 Å². The average Bonchev–Trinajstić information content (AvgIpc) is 2.60. The minimum absolute atomic E-state index is 0.358. The molecule has 0 saturated heterocycles. The van der Waals surface area contributed by atoms with Gasteiger partial charge in [-0.3, -0.25) is 4.79 Å². The Morgan fingerprint density at radius 3 is 2.69 bits per heavy atom. The number of hydrogen-bond acceptors (Lipinski definition) is 3. The number of aryl methyl sites for hydroxylation is 1. The van der Waals surface area contributed by atoms with Crippen LogP contribution in [0.2, 0.25) is 0 Å². The van der Waals surface area contributed by atoms with Crippen LogP contribution in [0.3, 0.4) is 0 Å². The monoisotopic (exact) mass is 223 g/mol. The van der Waals surface area contributed by atoms with Crippen molar-refractivity contribution < 1.29 is 19.1 Å². The maximum atomic E-state index is 11.4. The summed E-state index contributed by atoms with van der Waals surface area (Å²) in [7, 11) is 1.60. The molecule has 1 N–H and O–H groups in total. The first-order valence-electron chi connectivity index (χ1n) is 4.69. The maximum Gasteiger partial charge on any atom is 0.328 e. The quantitative estimate of drug-likeness (QED) is 0.778. The van der Waals surface area contributed by atoms with Crippen molar-refractivity contribution in [1.29, 1.82) is 0 Å². The van der Waals surface area contributed by atoms with Crippen LogP contribution in [-0.2, 0) is 16.1 Å². The molecule has 0 aromatic carbocycles. The van der Waals surface area contributed by atoms with Crippen LogP contribution >= 0.6 is 0 Å². The van der Waals surface area contributed by atoms with Gasteiger partial charge in [0.2, 0.25) is 5.91 Å². The molecule has 1 rings (SSSR count). The molecule has 1 aromatic rings. The molecule has 0 aliphatic carbocycles. The predicted molar refractivity (Wildman–Crippen MR) is 56.7 cm³/mol. The molecule has 1 heterocycles. The summed E-state index contributed by atoms with van der Waals surface area (Å²) in [5.74, 6) is -0.744. The summed E-state index contributed by atoms with van der Waals surface area (Å²) in [6.45, 7) is 2.20. The molecule has 0 radical (unpaired) electrons. The van der Waals surface area contributed by atoms with Gasteiger partial charge < -0.3 is 14.4 Å². The second-order valence-electron chi connectivity index (χ2n) is 3.37. The normalized spacial score (nSPS) is 10.6. The number of carboxylic acid groups (broad SMARTS) is 1. The van der Waals surface area contributed by atoms with E-state index in [2.05, 4.69) is 0 Å². The van der Waals surface area contributed by atoms with Crippen LogP contribution in [0.1, 0.15) is 11.3 Å². The largest absolute Gasteiger partial charge is 0.478 e. The number of carbonyl (C=O) groups excluding carboxylic acids is 1. The summed E-state index contributed by atoms with van der Waals surface area (Å²) in [4.78, 5) is 23.1. The first-order valence-corrected chi connectivity index (χ1v) is 4.69. The van der Waals surface area contributed by atoms with Gasteiger partial charge in [-0.25, -0.2) is 4.79 Å². The SMILES string of the molecule is Cc1occc1CN(C)C(=O)C=CC(=O)O. The molecule has 0 spiro atoms. The Hall–Kier alpha value is -2.04. The zero-order valence-corrected chi connectivity index (χ0v) is 9.14. The van der Waals surface area contributed by atoms with Crippen molar-refractivity contribution in [3.05, 3.63) is 35.8 Å². The third kappa shape index (κ3) is 3.27. The number of carboxylic acids is 1. The predicted octanol–water partition coefficient (Wildman–Crippen LogP) is 1.19. The van der Waals surface area contributed by atoms with E-state index in [4.69, 9.17) is 9.52 Å². The lowest BCUT2D eigenvalue weighted by Gasteiger charge is -2.14. The third-order valence-electron chi connectivity index (χ3n) is 2.12. The fourth-order valence-corrected chi connectivity index (χ4v) is 1.18. The lowest BCUT2D eigenvalue weighted by Crippen LogP contribution is -2.24. The summed E-state index contributed by atoms with van der Waals surface area (Å²) < 4.78 is 5.09. The summed E-state index contributed by atoms with van der Waals surface area (Å²) in [5.41, 5.74) is 0.902. The van der Waals surface area contributed by atoms with Gasteiger partial charge in [0.1, 0.15) is 5.76 Å². The number of amides is 1. The molecule has 86 valence electrons. The Labute approximate surface area is 93.0 Å². The molecule has 0 bridgehead atoms. The minimum atomic E-state index is -1.14. The topological polar surface area (TPSA) is 70.8 Å². The highest BCUT2D eigenvalue weighted by molar-refractivity contribution is 5.93. The Balaban J connectivity index is 2.59. The molecule has 0 saturated carbocycles. The minimum Gasteiger partial charge on any atom is -0.478 e. The first-order chi connectivity index (χ1) is 7.50. The van der Waals surface area contributed by atoms with Crippen molar-refractivity contribution >= 4 is 11.9 Å². The molecule has 16 heavy (non-hydrogen) atoms. The molecule has 1 aromatic heterocycles. The van der Waals surface area contributed by atoms with Gasteiger partial charge in [0, 0.05) is 31.3 Å². The van der Waals surface area contributed by atoms with E-state index in [0.29, 0.717) is 6.54 Å². The summed E-state index contributed by atoms with van der Waals surface area (Å²) in [6, 6.07) is 1.78. The van der Waals surface area contributed by atoms with Gasteiger partial charge in [0.05, 0.1) is 6.26 Å². The van der Waals surface area contributed by atoms with E-state index in [0.717, 1.165) is 23.5 Å². The Morgan fingerprint density at radius 2 is 2.19 bits per heavy atom. The van der Waals surface area contributed by atoms with Crippen molar-refractivity contribution in [3.8, 4) is 0 Å². The van der Waals surface area contributed by atoms with Gasteiger partial charge in [0.15, 0.2) is 0 Å². The summed E-state index contributed by atoms with van der Waals surface area (Å²) in [5, 5.41) is 8.37. The molecular formula is C11H13NO4. The Bertz CT molecular complexity index is 419. The van der Waals surface area contributed by atoms with Crippen LogP contribution < -0.4 is 0 Å². The number of likely N-dealkylation sites (N-methyl/N-ethyl adjacent to an activating group) is 1. The van der Waals surface area contributed by atoms with Gasteiger partial charge in [0.25, 0.3) is 0 Å². The van der Waals surface area contributed by atoms with E-state index in [-0.39, 0.29) is 5.91 Å². The van der Waals surface area contributed by atoms with Crippen LogP contribution in [0.4, 0.5) is 0 Å². The molecule has 0 aliphatic heterocycles. The Morgan fingerprint density at radius 1 is 1.50 bits per heavy atom. The number of aliphatic carboxylic acids is 1. The molecule has 0 atom stereocenters. The van der Waals surface area contributed by atoms with E-state index in [1.54, 1.807) is 26.3 Å².